The quantitative estimate of drug-likeness (QED) is 0.825. The maximum atomic E-state index is 12.7. The molecule has 0 atom stereocenters. The second-order valence-corrected chi connectivity index (χ2v) is 3.52. The number of aliphatic carboxylic acids is 1. The molecule has 6 nitrogen and oxygen atoms in total. The van der Waals surface area contributed by atoms with Crippen molar-refractivity contribution in [1.29, 1.82) is 0 Å². The van der Waals surface area contributed by atoms with E-state index in [1.165, 1.54) is 30.3 Å². The minimum atomic E-state index is -1.17. The van der Waals surface area contributed by atoms with E-state index in [0.717, 1.165) is 4.68 Å². The molecule has 1 N–H and O–H groups in total. The van der Waals surface area contributed by atoms with Gasteiger partial charge in [-0.05, 0) is 41.1 Å². The molecule has 0 radical (unpaired) electrons. The molecule has 1 aromatic heterocycles. The Morgan fingerprint density at radius 2 is 2.06 bits per heavy atom. The first-order valence-electron chi connectivity index (χ1n) is 5.04. The van der Waals surface area contributed by atoms with Crippen molar-refractivity contribution in [1.82, 2.24) is 20.2 Å². The number of aromatic nitrogens is 4. The maximum Gasteiger partial charge on any atom is 0.354 e. The zero-order valence-corrected chi connectivity index (χ0v) is 9.41. The molecule has 0 spiro atoms. The van der Waals surface area contributed by atoms with Crippen LogP contribution in [0.25, 0.3) is 11.8 Å². The van der Waals surface area contributed by atoms with Gasteiger partial charge in [0, 0.05) is 0 Å². The molecule has 0 bridgehead atoms. The highest BCUT2D eigenvalue weighted by Gasteiger charge is 2.14. The van der Waals surface area contributed by atoms with Crippen molar-refractivity contribution < 1.29 is 14.3 Å². The summed E-state index contributed by atoms with van der Waals surface area (Å²) >= 11 is 0. The van der Waals surface area contributed by atoms with Gasteiger partial charge in [0.05, 0.1) is 0 Å². The van der Waals surface area contributed by atoms with Crippen LogP contribution in [0.1, 0.15) is 11.4 Å². The summed E-state index contributed by atoms with van der Waals surface area (Å²) in [5.41, 5.74) is 0.438. The van der Waals surface area contributed by atoms with Gasteiger partial charge in [-0.15, -0.1) is 5.10 Å². The van der Waals surface area contributed by atoms with E-state index in [-0.39, 0.29) is 11.5 Å². The number of tetrazole rings is 1. The zero-order valence-electron chi connectivity index (χ0n) is 9.41. The van der Waals surface area contributed by atoms with Crippen molar-refractivity contribution in [3.8, 4) is 0 Å². The van der Waals surface area contributed by atoms with Crippen molar-refractivity contribution >= 4 is 17.7 Å². The highest BCUT2D eigenvalue weighted by atomic mass is 19.1. The lowest BCUT2D eigenvalue weighted by Crippen LogP contribution is -2.11. The van der Waals surface area contributed by atoms with E-state index >= 15 is 0 Å². The summed E-state index contributed by atoms with van der Waals surface area (Å²) in [4.78, 5) is 11.2. The second kappa shape index (κ2) is 4.74. The molecular formula is C11H9FN4O2. The van der Waals surface area contributed by atoms with Gasteiger partial charge in [-0.2, -0.15) is 4.68 Å². The maximum absolute atomic E-state index is 12.7. The first kappa shape index (κ1) is 11.9. The molecular weight excluding hydrogens is 239 g/mol. The third-order valence-electron chi connectivity index (χ3n) is 2.25. The average molecular weight is 248 g/mol. The fourth-order valence-electron chi connectivity index (χ4n) is 1.38. The topological polar surface area (TPSA) is 80.9 Å². The molecule has 0 unspecified atom stereocenters. The van der Waals surface area contributed by atoms with E-state index in [0.29, 0.717) is 11.4 Å². The standard InChI is InChI=1S/C11H9FN4O2/c1-7-13-14-15-16(7)10(11(17)18)6-8-2-4-9(12)5-3-8/h2-6H,1H3,(H,17,18)/b10-6-. The number of carboxylic acid groups (broad SMARTS) is 1. The first-order valence-corrected chi connectivity index (χ1v) is 5.04. The molecule has 0 saturated heterocycles. The van der Waals surface area contributed by atoms with Crippen LogP contribution in [-0.2, 0) is 4.79 Å². The lowest BCUT2D eigenvalue weighted by Gasteiger charge is -2.02. The first-order chi connectivity index (χ1) is 8.58. The van der Waals surface area contributed by atoms with E-state index < -0.39 is 5.97 Å². The summed E-state index contributed by atoms with van der Waals surface area (Å²) in [6, 6.07) is 5.44. The van der Waals surface area contributed by atoms with Crippen molar-refractivity contribution in [3.05, 3.63) is 41.5 Å². The largest absolute Gasteiger partial charge is 0.477 e. The summed E-state index contributed by atoms with van der Waals surface area (Å²) in [5.74, 6) is -1.21. The number of benzene rings is 1. The van der Waals surface area contributed by atoms with Crippen LogP contribution in [0.15, 0.2) is 24.3 Å². The highest BCUT2D eigenvalue weighted by molar-refractivity contribution is 6.14. The Hall–Kier alpha value is -2.57. The molecule has 0 aliphatic rings. The van der Waals surface area contributed by atoms with Crippen LogP contribution in [0.3, 0.4) is 0 Å². The minimum absolute atomic E-state index is 0.107. The number of carboxylic acids is 1. The minimum Gasteiger partial charge on any atom is -0.477 e. The summed E-state index contributed by atoms with van der Waals surface area (Å²) in [6.45, 7) is 1.58. The summed E-state index contributed by atoms with van der Waals surface area (Å²) < 4.78 is 13.8. The lowest BCUT2D eigenvalue weighted by molar-refractivity contribution is -0.130. The number of halogens is 1. The number of carbonyl (C=O) groups is 1. The van der Waals surface area contributed by atoms with E-state index in [2.05, 4.69) is 15.5 Å². The predicted octanol–water partition coefficient (Wildman–Crippen LogP) is 1.20. The summed E-state index contributed by atoms with van der Waals surface area (Å²) in [5, 5.41) is 19.7. The predicted molar refractivity (Wildman–Crippen MR) is 60.8 cm³/mol. The molecule has 0 aliphatic carbocycles. The molecule has 0 fully saturated rings. The van der Waals surface area contributed by atoms with Gasteiger partial charge in [-0.1, -0.05) is 12.1 Å². The van der Waals surface area contributed by atoms with Crippen LogP contribution in [-0.4, -0.2) is 31.3 Å². The van der Waals surface area contributed by atoms with Gasteiger partial charge in [0.1, 0.15) is 5.82 Å². The Kier molecular flexibility index (Phi) is 3.13. The summed E-state index contributed by atoms with van der Waals surface area (Å²) in [6.07, 6.45) is 1.37. The molecule has 2 aromatic rings. The third-order valence-corrected chi connectivity index (χ3v) is 2.25. The van der Waals surface area contributed by atoms with Crippen molar-refractivity contribution in [2.24, 2.45) is 0 Å². The SMILES string of the molecule is Cc1nnnn1/C(=C\c1ccc(F)cc1)C(=O)O. The smallest absolute Gasteiger partial charge is 0.354 e. The van der Waals surface area contributed by atoms with Crippen LogP contribution in [0, 0.1) is 12.7 Å². The molecule has 18 heavy (non-hydrogen) atoms. The van der Waals surface area contributed by atoms with E-state index in [1.54, 1.807) is 6.92 Å². The Balaban J connectivity index is 2.46. The van der Waals surface area contributed by atoms with Gasteiger partial charge in [-0.3, -0.25) is 0 Å². The zero-order chi connectivity index (χ0) is 13.1. The van der Waals surface area contributed by atoms with Gasteiger partial charge in [0.25, 0.3) is 0 Å². The molecule has 0 saturated carbocycles. The van der Waals surface area contributed by atoms with Gasteiger partial charge in [-0.25, -0.2) is 9.18 Å². The molecule has 1 aromatic carbocycles. The highest BCUT2D eigenvalue weighted by Crippen LogP contribution is 2.12. The van der Waals surface area contributed by atoms with E-state index in [1.807, 2.05) is 0 Å². The van der Waals surface area contributed by atoms with Crippen LogP contribution in [0.2, 0.25) is 0 Å². The van der Waals surface area contributed by atoms with Crippen molar-refractivity contribution in [2.75, 3.05) is 0 Å². The Labute approximate surface area is 101 Å². The number of nitrogens with zero attached hydrogens (tertiary/aromatic N) is 4. The van der Waals surface area contributed by atoms with Gasteiger partial charge in [0.2, 0.25) is 0 Å². The lowest BCUT2D eigenvalue weighted by atomic mass is 10.2. The Morgan fingerprint density at radius 3 is 2.56 bits per heavy atom. The molecule has 0 amide bonds. The normalized spacial score (nSPS) is 11.6. The van der Waals surface area contributed by atoms with Crippen LogP contribution >= 0.6 is 0 Å². The number of hydrogen-bond acceptors (Lipinski definition) is 4. The molecule has 0 aliphatic heterocycles. The van der Waals surface area contributed by atoms with Gasteiger partial charge in [0.15, 0.2) is 11.5 Å². The van der Waals surface area contributed by atoms with Gasteiger partial charge >= 0.3 is 5.97 Å². The van der Waals surface area contributed by atoms with Crippen molar-refractivity contribution in [2.45, 2.75) is 6.92 Å². The van der Waals surface area contributed by atoms with E-state index in [9.17, 15) is 9.18 Å². The van der Waals surface area contributed by atoms with Crippen molar-refractivity contribution in [3.63, 3.8) is 0 Å². The molecule has 2 rings (SSSR count). The van der Waals surface area contributed by atoms with Crippen LogP contribution < -0.4 is 0 Å². The summed E-state index contributed by atoms with van der Waals surface area (Å²) in [7, 11) is 0. The Morgan fingerprint density at radius 1 is 1.39 bits per heavy atom. The Bertz CT molecular complexity index is 604. The van der Waals surface area contributed by atoms with Gasteiger partial charge < -0.3 is 5.11 Å². The third kappa shape index (κ3) is 2.40. The van der Waals surface area contributed by atoms with Crippen LogP contribution in [0.4, 0.5) is 4.39 Å². The fraction of sp³-hybridized carbons (Fsp3) is 0.0909. The molecule has 7 heteroatoms. The fourth-order valence-corrected chi connectivity index (χ4v) is 1.38. The monoisotopic (exact) mass is 248 g/mol. The molecule has 1 heterocycles. The molecule has 92 valence electrons. The number of rotatable bonds is 3. The van der Waals surface area contributed by atoms with Crippen LogP contribution in [0.5, 0.6) is 0 Å². The average Bonchev–Trinajstić information content (AvgIpc) is 2.74. The van der Waals surface area contributed by atoms with E-state index in [4.69, 9.17) is 5.11 Å². The number of aryl methyl sites for hydroxylation is 1. The second-order valence-electron chi connectivity index (χ2n) is 3.52. The number of hydrogen-bond donors (Lipinski definition) is 1.